The molecule has 1 amide bonds. The van der Waals surface area contributed by atoms with Crippen molar-refractivity contribution < 1.29 is 4.79 Å². The van der Waals surface area contributed by atoms with Crippen LogP contribution in [0.1, 0.15) is 46.7 Å². The molecular weight excluding hydrogens is 472 g/mol. The van der Waals surface area contributed by atoms with E-state index in [1.165, 1.54) is 0 Å². The highest BCUT2D eigenvalue weighted by Crippen LogP contribution is 2.40. The Morgan fingerprint density at radius 3 is 2.61 bits per heavy atom. The minimum atomic E-state index is -0.159. The molecule has 0 bridgehead atoms. The topological polar surface area (TPSA) is 92.9 Å². The van der Waals surface area contributed by atoms with E-state index in [0.717, 1.165) is 33.9 Å². The molecule has 2 atom stereocenters. The quantitative estimate of drug-likeness (QED) is 0.374. The van der Waals surface area contributed by atoms with Gasteiger partial charge in [0.25, 0.3) is 0 Å². The van der Waals surface area contributed by atoms with Crippen molar-refractivity contribution in [1.29, 1.82) is 0 Å². The number of rotatable bonds is 7. The van der Waals surface area contributed by atoms with Crippen LogP contribution < -0.4 is 10.6 Å². The first-order valence-corrected chi connectivity index (χ1v) is 12.2. The van der Waals surface area contributed by atoms with Crippen LogP contribution in [0.3, 0.4) is 0 Å². The SMILES string of the molecule is Cc1cccc(NC(=O)CCN2C(=S)N[C@@H](c3ccccn3)[C@H]2c2cc(C)n(-n3cnnc3)c2C)c1. The molecule has 4 aromatic rings. The van der Waals surface area contributed by atoms with Crippen molar-refractivity contribution >= 4 is 28.9 Å². The summed E-state index contributed by atoms with van der Waals surface area (Å²) in [6.45, 7) is 6.59. The number of anilines is 1. The number of nitrogens with one attached hydrogen (secondary N) is 2. The number of hydrogen-bond donors (Lipinski definition) is 2. The summed E-state index contributed by atoms with van der Waals surface area (Å²) in [5.74, 6) is -0.0570. The zero-order valence-corrected chi connectivity index (χ0v) is 21.2. The summed E-state index contributed by atoms with van der Waals surface area (Å²) in [5, 5.41) is 15.0. The molecule has 1 fully saturated rings. The van der Waals surface area contributed by atoms with Crippen molar-refractivity contribution in [3.63, 3.8) is 0 Å². The van der Waals surface area contributed by atoms with Gasteiger partial charge in [-0.2, -0.15) is 0 Å². The van der Waals surface area contributed by atoms with Gasteiger partial charge in [-0.25, -0.2) is 4.68 Å². The fourth-order valence-corrected chi connectivity index (χ4v) is 5.22. The average molecular weight is 501 g/mol. The summed E-state index contributed by atoms with van der Waals surface area (Å²) in [4.78, 5) is 19.5. The van der Waals surface area contributed by atoms with Crippen LogP contribution in [-0.2, 0) is 4.79 Å². The standard InChI is InChI=1S/C26H28N8OS/c1-17-7-6-8-20(13-17)30-23(35)10-12-33-25(24(31-26(33)36)22-9-4-5-11-27-22)21-14-18(2)34(19(21)3)32-15-28-29-16-32/h4-9,11,13-16,24-25H,10,12H2,1-3H3,(H,30,35)(H,31,36)/t24-,25+/m0/s1. The average Bonchev–Trinajstić information content (AvgIpc) is 3.56. The number of amides is 1. The molecule has 3 aromatic heterocycles. The molecule has 1 aromatic carbocycles. The number of nitrogens with zero attached hydrogens (tertiary/aromatic N) is 6. The summed E-state index contributed by atoms with van der Waals surface area (Å²) in [6, 6.07) is 15.5. The number of hydrogen-bond acceptors (Lipinski definition) is 5. The van der Waals surface area contributed by atoms with Gasteiger partial charge in [0.2, 0.25) is 5.91 Å². The van der Waals surface area contributed by atoms with Crippen molar-refractivity contribution in [3.8, 4) is 0 Å². The van der Waals surface area contributed by atoms with Crippen LogP contribution in [0.4, 0.5) is 5.69 Å². The Morgan fingerprint density at radius 1 is 1.08 bits per heavy atom. The van der Waals surface area contributed by atoms with E-state index in [4.69, 9.17) is 12.2 Å². The van der Waals surface area contributed by atoms with E-state index < -0.39 is 0 Å². The van der Waals surface area contributed by atoms with Gasteiger partial charge in [-0.15, -0.1) is 10.2 Å². The Morgan fingerprint density at radius 2 is 1.89 bits per heavy atom. The Labute approximate surface area is 215 Å². The maximum absolute atomic E-state index is 12.8. The number of pyridine rings is 1. The molecule has 9 nitrogen and oxygen atoms in total. The molecule has 1 aliphatic rings. The van der Waals surface area contributed by atoms with Crippen LogP contribution in [0.2, 0.25) is 0 Å². The normalized spacial score (nSPS) is 17.3. The fourth-order valence-electron chi connectivity index (χ4n) is 4.88. The van der Waals surface area contributed by atoms with E-state index in [9.17, 15) is 4.79 Å². The molecule has 184 valence electrons. The van der Waals surface area contributed by atoms with Gasteiger partial charge in [0, 0.05) is 41.8 Å². The third-order valence-electron chi connectivity index (χ3n) is 6.47. The molecule has 36 heavy (non-hydrogen) atoms. The van der Waals surface area contributed by atoms with E-state index >= 15 is 0 Å². The van der Waals surface area contributed by atoms with Gasteiger partial charge >= 0.3 is 0 Å². The van der Waals surface area contributed by atoms with Gasteiger partial charge in [0.05, 0.1) is 17.8 Å². The van der Waals surface area contributed by atoms with E-state index in [0.29, 0.717) is 18.1 Å². The lowest BCUT2D eigenvalue weighted by Crippen LogP contribution is -2.33. The van der Waals surface area contributed by atoms with Crippen molar-refractivity contribution in [3.05, 3.63) is 95.6 Å². The summed E-state index contributed by atoms with van der Waals surface area (Å²) >= 11 is 5.78. The molecule has 0 aliphatic carbocycles. The smallest absolute Gasteiger partial charge is 0.226 e. The van der Waals surface area contributed by atoms with Crippen LogP contribution in [0, 0.1) is 20.8 Å². The molecule has 0 spiro atoms. The monoisotopic (exact) mass is 500 g/mol. The molecular formula is C26H28N8OS. The van der Waals surface area contributed by atoms with Crippen molar-refractivity contribution in [1.82, 2.24) is 34.8 Å². The van der Waals surface area contributed by atoms with E-state index in [1.54, 1.807) is 18.9 Å². The molecule has 10 heteroatoms. The largest absolute Gasteiger partial charge is 0.352 e. The molecule has 5 rings (SSSR count). The number of carbonyl (C=O) groups is 1. The van der Waals surface area contributed by atoms with Gasteiger partial charge in [-0.3, -0.25) is 14.5 Å². The van der Waals surface area contributed by atoms with Crippen LogP contribution in [-0.4, -0.2) is 47.0 Å². The first-order valence-electron chi connectivity index (χ1n) is 11.8. The molecule has 1 saturated heterocycles. The van der Waals surface area contributed by atoms with Gasteiger partial charge in [-0.1, -0.05) is 18.2 Å². The second-order valence-electron chi connectivity index (χ2n) is 8.97. The molecule has 0 unspecified atom stereocenters. The zero-order chi connectivity index (χ0) is 25.2. The third-order valence-corrected chi connectivity index (χ3v) is 6.82. The van der Waals surface area contributed by atoms with Gasteiger partial charge < -0.3 is 15.5 Å². The summed E-state index contributed by atoms with van der Waals surface area (Å²) in [6.07, 6.45) is 5.43. The number of aryl methyl sites for hydroxylation is 2. The molecule has 0 saturated carbocycles. The first-order chi connectivity index (χ1) is 17.4. The predicted molar refractivity (Wildman–Crippen MR) is 141 cm³/mol. The second-order valence-corrected chi connectivity index (χ2v) is 9.35. The van der Waals surface area contributed by atoms with Crippen molar-refractivity contribution in [2.75, 3.05) is 11.9 Å². The highest BCUT2D eigenvalue weighted by Gasteiger charge is 2.41. The van der Waals surface area contributed by atoms with E-state index in [-0.39, 0.29) is 18.0 Å². The van der Waals surface area contributed by atoms with Crippen LogP contribution in [0.15, 0.2) is 67.4 Å². The minimum absolute atomic E-state index is 0.0570. The molecule has 1 aliphatic heterocycles. The van der Waals surface area contributed by atoms with Gasteiger partial charge in [0.1, 0.15) is 12.7 Å². The fraction of sp³-hybridized carbons (Fsp3) is 0.269. The summed E-state index contributed by atoms with van der Waals surface area (Å²) in [5.41, 5.74) is 5.96. The Hall–Kier alpha value is -4.05. The molecule has 0 radical (unpaired) electrons. The Balaban J connectivity index is 1.45. The molecule has 2 N–H and O–H groups in total. The number of benzene rings is 1. The number of thiocarbonyl (C=S) groups is 1. The Kier molecular flexibility index (Phi) is 6.51. The lowest BCUT2D eigenvalue weighted by molar-refractivity contribution is -0.116. The predicted octanol–water partition coefficient (Wildman–Crippen LogP) is 3.71. The number of carbonyl (C=O) groups excluding carboxylic acids is 1. The van der Waals surface area contributed by atoms with Crippen molar-refractivity contribution in [2.45, 2.75) is 39.3 Å². The van der Waals surface area contributed by atoms with Crippen LogP contribution >= 0.6 is 12.2 Å². The highest BCUT2D eigenvalue weighted by molar-refractivity contribution is 7.80. The summed E-state index contributed by atoms with van der Waals surface area (Å²) in [7, 11) is 0. The van der Waals surface area contributed by atoms with Crippen LogP contribution in [0.25, 0.3) is 0 Å². The second kappa shape index (κ2) is 9.90. The first kappa shape index (κ1) is 23.7. The lowest BCUT2D eigenvalue weighted by Gasteiger charge is -2.28. The highest BCUT2D eigenvalue weighted by atomic mass is 32.1. The van der Waals surface area contributed by atoms with E-state index in [2.05, 4.69) is 48.4 Å². The van der Waals surface area contributed by atoms with Gasteiger partial charge in [0.15, 0.2) is 5.11 Å². The Bertz CT molecular complexity index is 1380. The lowest BCUT2D eigenvalue weighted by atomic mass is 9.96. The van der Waals surface area contributed by atoms with Gasteiger partial charge in [-0.05, 0) is 68.9 Å². The zero-order valence-electron chi connectivity index (χ0n) is 20.4. The van der Waals surface area contributed by atoms with Crippen LogP contribution in [0.5, 0.6) is 0 Å². The molecule has 4 heterocycles. The van der Waals surface area contributed by atoms with E-state index in [1.807, 2.05) is 61.0 Å². The minimum Gasteiger partial charge on any atom is -0.352 e. The maximum Gasteiger partial charge on any atom is 0.226 e. The number of aromatic nitrogens is 5. The van der Waals surface area contributed by atoms with Crippen molar-refractivity contribution in [2.24, 2.45) is 0 Å². The third kappa shape index (κ3) is 4.59. The maximum atomic E-state index is 12.8. The summed E-state index contributed by atoms with van der Waals surface area (Å²) < 4.78 is 3.92.